The number of piperidine rings is 1. The number of carbonyl (C=O) groups excluding carboxylic acids is 1. The molecule has 0 saturated carbocycles. The second-order valence-corrected chi connectivity index (χ2v) is 10.4. The number of hydrogen-bond donors (Lipinski definition) is 1. The molecule has 0 spiro atoms. The first-order valence-corrected chi connectivity index (χ1v) is 12.5. The summed E-state index contributed by atoms with van der Waals surface area (Å²) in [6.45, 7) is 4.02. The molecule has 2 aliphatic rings. The van der Waals surface area contributed by atoms with Crippen LogP contribution in [0.3, 0.4) is 0 Å². The van der Waals surface area contributed by atoms with Gasteiger partial charge < -0.3 is 15.1 Å². The summed E-state index contributed by atoms with van der Waals surface area (Å²) in [6.07, 6.45) is 8.27. The van der Waals surface area contributed by atoms with Gasteiger partial charge in [-0.3, -0.25) is 4.79 Å². The van der Waals surface area contributed by atoms with Crippen LogP contribution in [-0.4, -0.2) is 72.2 Å². The summed E-state index contributed by atoms with van der Waals surface area (Å²) in [6, 6.07) is 1.60. The number of nitrogens with zero attached hydrogens (tertiary/aromatic N) is 5. The van der Waals surface area contributed by atoms with Gasteiger partial charge in [-0.15, -0.1) is 0 Å². The first-order chi connectivity index (χ1) is 14.7. The molecule has 31 heavy (non-hydrogen) atoms. The van der Waals surface area contributed by atoms with E-state index in [1.165, 1.54) is 6.20 Å². The molecule has 9 nitrogen and oxygen atoms in total. The van der Waals surface area contributed by atoms with E-state index in [0.29, 0.717) is 29.4 Å². The molecule has 1 atom stereocenters. The molecule has 11 heteroatoms. The number of sulfone groups is 1. The zero-order chi connectivity index (χ0) is 22.2. The van der Waals surface area contributed by atoms with E-state index in [1.54, 1.807) is 25.4 Å². The summed E-state index contributed by atoms with van der Waals surface area (Å²) in [7, 11) is -3.37. The minimum atomic E-state index is -3.37. The zero-order valence-corrected chi connectivity index (χ0v) is 19.0. The summed E-state index contributed by atoms with van der Waals surface area (Å²) in [4.78, 5) is 29.6. The van der Waals surface area contributed by atoms with Crippen LogP contribution in [0.5, 0.6) is 0 Å². The molecular formula is C20H25ClN6O3S. The highest BCUT2D eigenvalue weighted by Crippen LogP contribution is 2.26. The molecule has 0 aliphatic carbocycles. The van der Waals surface area contributed by atoms with Gasteiger partial charge in [-0.25, -0.2) is 23.4 Å². The molecule has 0 unspecified atom stereocenters. The molecule has 1 amide bonds. The van der Waals surface area contributed by atoms with Crippen LogP contribution in [0, 0.1) is 6.92 Å². The Bertz CT molecular complexity index is 1070. The lowest BCUT2D eigenvalue weighted by Crippen LogP contribution is -2.47. The van der Waals surface area contributed by atoms with E-state index < -0.39 is 9.84 Å². The maximum Gasteiger partial charge on any atom is 0.245 e. The van der Waals surface area contributed by atoms with E-state index in [1.807, 2.05) is 4.90 Å². The number of carbonyl (C=O) groups is 1. The number of aryl methyl sites for hydroxylation is 1. The van der Waals surface area contributed by atoms with Crippen molar-refractivity contribution in [3.05, 3.63) is 35.4 Å². The van der Waals surface area contributed by atoms with Gasteiger partial charge in [-0.05, 0) is 37.8 Å². The van der Waals surface area contributed by atoms with Crippen molar-refractivity contribution in [2.75, 3.05) is 36.1 Å². The summed E-state index contributed by atoms with van der Waals surface area (Å²) >= 11 is 5.81. The molecule has 166 valence electrons. The lowest BCUT2D eigenvalue weighted by molar-refractivity contribution is -0.130. The van der Waals surface area contributed by atoms with Crippen LogP contribution in [0.25, 0.3) is 0 Å². The first kappa shape index (κ1) is 21.8. The summed E-state index contributed by atoms with van der Waals surface area (Å²) < 4.78 is 23.5. The van der Waals surface area contributed by atoms with Gasteiger partial charge in [0.15, 0.2) is 14.9 Å². The highest BCUT2D eigenvalue weighted by atomic mass is 35.5. The molecule has 2 saturated heterocycles. The molecule has 1 N–H and O–H groups in total. The maximum absolute atomic E-state index is 13.0. The van der Waals surface area contributed by atoms with E-state index in [4.69, 9.17) is 11.6 Å². The monoisotopic (exact) mass is 464 g/mol. The Morgan fingerprint density at radius 3 is 2.42 bits per heavy atom. The van der Waals surface area contributed by atoms with Gasteiger partial charge in [-0.1, -0.05) is 11.6 Å². The number of nitrogens with one attached hydrogen (secondary N) is 1. The Balaban J connectivity index is 1.35. The second-order valence-electron chi connectivity index (χ2n) is 8.05. The fraction of sp³-hybridized carbons (Fsp3) is 0.500. The fourth-order valence-electron chi connectivity index (χ4n) is 4.30. The normalized spacial score (nSPS) is 20.4. The third kappa shape index (κ3) is 4.74. The predicted octanol–water partition coefficient (Wildman–Crippen LogP) is 1.92. The van der Waals surface area contributed by atoms with E-state index in [9.17, 15) is 13.2 Å². The van der Waals surface area contributed by atoms with E-state index in [-0.39, 0.29) is 23.0 Å². The average Bonchev–Trinajstić information content (AvgIpc) is 3.08. The van der Waals surface area contributed by atoms with Crippen LogP contribution in [0.1, 0.15) is 24.8 Å². The number of rotatable bonds is 5. The van der Waals surface area contributed by atoms with Gasteiger partial charge in [-0.2, -0.15) is 0 Å². The Morgan fingerprint density at radius 2 is 1.81 bits per heavy atom. The van der Waals surface area contributed by atoms with Crippen molar-refractivity contribution in [3.63, 3.8) is 0 Å². The third-order valence-corrected chi connectivity index (χ3v) is 7.12. The topological polar surface area (TPSA) is 108 Å². The van der Waals surface area contributed by atoms with Gasteiger partial charge in [0.25, 0.3) is 0 Å². The van der Waals surface area contributed by atoms with Gasteiger partial charge in [0.05, 0.1) is 24.3 Å². The van der Waals surface area contributed by atoms with Crippen molar-refractivity contribution in [1.29, 1.82) is 0 Å². The Hall–Kier alpha value is -2.46. The van der Waals surface area contributed by atoms with Crippen molar-refractivity contribution in [3.8, 4) is 0 Å². The van der Waals surface area contributed by atoms with Crippen molar-refractivity contribution < 1.29 is 13.2 Å². The lowest BCUT2D eigenvalue weighted by atomic mass is 10.0. The smallest absolute Gasteiger partial charge is 0.245 e. The van der Waals surface area contributed by atoms with Gasteiger partial charge in [0, 0.05) is 31.9 Å². The molecule has 4 rings (SSSR count). The fourth-order valence-corrected chi connectivity index (χ4v) is 5.29. The second kappa shape index (κ2) is 8.58. The van der Waals surface area contributed by atoms with Crippen LogP contribution in [-0.2, 0) is 14.6 Å². The molecular weight excluding hydrogens is 440 g/mol. The third-order valence-electron chi connectivity index (χ3n) is 5.80. The summed E-state index contributed by atoms with van der Waals surface area (Å²) in [5, 5.41) is 3.67. The van der Waals surface area contributed by atoms with Crippen molar-refractivity contribution in [1.82, 2.24) is 19.9 Å². The molecule has 2 aliphatic heterocycles. The standard InChI is InChI=1S/C20H25ClN6O3S/c1-13-9-14(10-24-19(13)31(2,29)30)25-16-5-8-27(20(16)28)15-3-6-26(7-4-15)18-12-22-17(21)11-23-18/h9-12,15-16,25H,3-8H2,1-2H3/t16-/m0/s1. The number of pyridine rings is 1. The first-order valence-electron chi connectivity index (χ1n) is 10.2. The Kier molecular flexibility index (Phi) is 6.02. The molecule has 0 aromatic carbocycles. The minimum Gasteiger partial charge on any atom is -0.372 e. The predicted molar refractivity (Wildman–Crippen MR) is 118 cm³/mol. The summed E-state index contributed by atoms with van der Waals surface area (Å²) in [5.41, 5.74) is 1.22. The van der Waals surface area contributed by atoms with E-state index >= 15 is 0 Å². The largest absolute Gasteiger partial charge is 0.372 e. The molecule has 0 radical (unpaired) electrons. The number of halogens is 1. The SMILES string of the molecule is Cc1cc(N[C@H]2CCN(C3CCN(c4cnc(Cl)cn4)CC3)C2=O)cnc1S(C)(=O)=O. The number of anilines is 2. The van der Waals surface area contributed by atoms with Gasteiger partial charge in [0.2, 0.25) is 5.91 Å². The number of hydrogen-bond acceptors (Lipinski definition) is 8. The van der Waals surface area contributed by atoms with Crippen LogP contribution in [0.15, 0.2) is 29.7 Å². The van der Waals surface area contributed by atoms with Crippen LogP contribution in [0.4, 0.5) is 11.5 Å². The zero-order valence-electron chi connectivity index (χ0n) is 17.5. The average molecular weight is 465 g/mol. The maximum atomic E-state index is 13.0. The number of aromatic nitrogens is 3. The van der Waals surface area contributed by atoms with Crippen LogP contribution in [0.2, 0.25) is 5.15 Å². The van der Waals surface area contributed by atoms with Crippen LogP contribution >= 0.6 is 11.6 Å². The van der Waals surface area contributed by atoms with Crippen molar-refractivity contribution >= 4 is 38.9 Å². The molecule has 2 aromatic rings. The Labute approximate surface area is 186 Å². The minimum absolute atomic E-state index is 0.0644. The van der Waals surface area contributed by atoms with Crippen molar-refractivity contribution in [2.45, 2.75) is 43.3 Å². The molecule has 0 bridgehead atoms. The highest BCUT2D eigenvalue weighted by Gasteiger charge is 2.37. The lowest BCUT2D eigenvalue weighted by Gasteiger charge is -2.37. The van der Waals surface area contributed by atoms with Gasteiger partial charge in [0.1, 0.15) is 17.0 Å². The van der Waals surface area contributed by atoms with E-state index in [0.717, 1.165) is 38.0 Å². The number of likely N-dealkylation sites (tertiary alicyclic amines) is 1. The van der Waals surface area contributed by atoms with E-state index in [2.05, 4.69) is 25.2 Å². The Morgan fingerprint density at radius 1 is 1.06 bits per heavy atom. The quantitative estimate of drug-likeness (QED) is 0.714. The van der Waals surface area contributed by atoms with Gasteiger partial charge >= 0.3 is 0 Å². The van der Waals surface area contributed by atoms with Crippen LogP contribution < -0.4 is 10.2 Å². The summed E-state index contributed by atoms with van der Waals surface area (Å²) in [5.74, 6) is 0.880. The molecule has 2 aromatic heterocycles. The molecule has 2 fully saturated rings. The van der Waals surface area contributed by atoms with Crippen molar-refractivity contribution in [2.24, 2.45) is 0 Å². The molecule has 4 heterocycles. The highest BCUT2D eigenvalue weighted by molar-refractivity contribution is 7.90. The number of amides is 1.